The van der Waals surface area contributed by atoms with Gasteiger partial charge in [0.2, 0.25) is 5.91 Å². The number of nitrogens with one attached hydrogen (secondary N) is 2. The van der Waals surface area contributed by atoms with Crippen molar-refractivity contribution in [3.05, 3.63) is 29.3 Å². The van der Waals surface area contributed by atoms with Gasteiger partial charge in [-0.3, -0.25) is 20.4 Å². The molecule has 130 valence electrons. The van der Waals surface area contributed by atoms with E-state index in [-0.39, 0.29) is 18.3 Å². The van der Waals surface area contributed by atoms with Gasteiger partial charge < -0.3 is 9.64 Å². The molecule has 0 spiro atoms. The van der Waals surface area contributed by atoms with Crippen molar-refractivity contribution in [2.75, 3.05) is 25.4 Å². The molecule has 0 atom stereocenters. The molecule has 2 amide bonds. The van der Waals surface area contributed by atoms with Gasteiger partial charge in [-0.05, 0) is 37.1 Å². The lowest BCUT2D eigenvalue weighted by molar-refractivity contribution is -0.128. The number of halogens is 1. The minimum atomic E-state index is -0.453. The molecule has 0 unspecified atom stereocenters. The van der Waals surface area contributed by atoms with E-state index >= 15 is 0 Å². The van der Waals surface area contributed by atoms with Crippen molar-refractivity contribution in [1.29, 1.82) is 0 Å². The number of hydrogen-bond donors (Lipinski definition) is 2. The monoisotopic (exact) mass is 387 g/mol. The molecular weight excluding hydrogens is 370 g/mol. The van der Waals surface area contributed by atoms with Gasteiger partial charge in [-0.2, -0.15) is 0 Å². The lowest BCUT2D eigenvalue weighted by Gasteiger charge is -2.17. The Labute approximate surface area is 155 Å². The van der Waals surface area contributed by atoms with Crippen LogP contribution in [0.2, 0.25) is 5.02 Å². The van der Waals surface area contributed by atoms with E-state index in [9.17, 15) is 9.59 Å². The quantitative estimate of drug-likeness (QED) is 0.594. The zero-order chi connectivity index (χ0) is 17.4. The third-order valence-corrected chi connectivity index (χ3v) is 4.99. The number of nitrogens with zero attached hydrogens (tertiary/aromatic N) is 1. The number of hydrazine groups is 1. The van der Waals surface area contributed by atoms with Crippen LogP contribution in [0.25, 0.3) is 0 Å². The number of rotatable bonds is 5. The van der Waals surface area contributed by atoms with Crippen molar-refractivity contribution in [3.63, 3.8) is 0 Å². The average Bonchev–Trinajstić information content (AvgIpc) is 3.12. The van der Waals surface area contributed by atoms with Crippen LogP contribution in [-0.4, -0.2) is 46.5 Å². The van der Waals surface area contributed by atoms with Crippen molar-refractivity contribution in [3.8, 4) is 5.75 Å². The van der Waals surface area contributed by atoms with Crippen LogP contribution < -0.4 is 15.6 Å². The van der Waals surface area contributed by atoms with E-state index in [0.717, 1.165) is 30.3 Å². The van der Waals surface area contributed by atoms with E-state index in [0.29, 0.717) is 10.8 Å². The molecule has 0 radical (unpaired) electrons. The van der Waals surface area contributed by atoms with Crippen molar-refractivity contribution in [1.82, 2.24) is 15.8 Å². The van der Waals surface area contributed by atoms with Crippen LogP contribution in [0.5, 0.6) is 5.75 Å². The first-order chi connectivity index (χ1) is 11.5. The van der Waals surface area contributed by atoms with Gasteiger partial charge >= 0.3 is 0 Å². The average molecular weight is 388 g/mol. The minimum Gasteiger partial charge on any atom is -0.484 e. The molecule has 0 aromatic heterocycles. The van der Waals surface area contributed by atoms with Gasteiger partial charge in [-0.15, -0.1) is 0 Å². The highest BCUT2D eigenvalue weighted by molar-refractivity contribution is 8.23. The molecule has 2 rings (SSSR count). The fourth-order valence-corrected chi connectivity index (χ4v) is 3.19. The second-order valence-corrected chi connectivity index (χ2v) is 7.13. The standard InChI is InChI=1S/C15H18ClN3O3S2/c16-11-3-5-12(6-4-11)22-9-13(20)17-18-14(21)10-24-15(23)19-7-1-2-8-19/h3-6H,1-2,7-10H2,(H,17,20)(H,18,21). The Morgan fingerprint density at radius 1 is 1.17 bits per heavy atom. The molecule has 2 N–H and O–H groups in total. The Morgan fingerprint density at radius 3 is 2.46 bits per heavy atom. The van der Waals surface area contributed by atoms with Crippen LogP contribution in [0.15, 0.2) is 24.3 Å². The molecule has 1 aromatic rings. The number of ether oxygens (including phenoxy) is 1. The van der Waals surface area contributed by atoms with Gasteiger partial charge in [0.05, 0.1) is 5.75 Å². The molecular formula is C15H18ClN3O3S2. The summed E-state index contributed by atoms with van der Waals surface area (Å²) in [7, 11) is 0. The Balaban J connectivity index is 1.59. The Hall–Kier alpha value is -1.51. The van der Waals surface area contributed by atoms with E-state index in [1.54, 1.807) is 24.3 Å². The van der Waals surface area contributed by atoms with Crippen LogP contribution in [-0.2, 0) is 9.59 Å². The molecule has 1 aromatic carbocycles. The molecule has 1 aliphatic heterocycles. The lowest BCUT2D eigenvalue weighted by Crippen LogP contribution is -2.44. The number of amides is 2. The number of benzene rings is 1. The van der Waals surface area contributed by atoms with Crippen molar-refractivity contribution in [2.24, 2.45) is 0 Å². The summed E-state index contributed by atoms with van der Waals surface area (Å²) in [6, 6.07) is 6.64. The summed E-state index contributed by atoms with van der Waals surface area (Å²) in [5.74, 6) is -0.0904. The first kappa shape index (κ1) is 18.8. The summed E-state index contributed by atoms with van der Waals surface area (Å²) in [5, 5.41) is 0.586. The number of thiocarbonyl (C=S) groups is 1. The van der Waals surface area contributed by atoms with Crippen LogP contribution in [0.4, 0.5) is 0 Å². The predicted molar refractivity (Wildman–Crippen MR) is 99.1 cm³/mol. The molecule has 24 heavy (non-hydrogen) atoms. The molecule has 0 saturated carbocycles. The van der Waals surface area contributed by atoms with E-state index in [4.69, 9.17) is 28.6 Å². The van der Waals surface area contributed by atoms with Crippen LogP contribution >= 0.6 is 35.6 Å². The van der Waals surface area contributed by atoms with Crippen LogP contribution in [0.1, 0.15) is 12.8 Å². The summed E-state index contributed by atoms with van der Waals surface area (Å²) in [6.07, 6.45) is 2.27. The smallest absolute Gasteiger partial charge is 0.276 e. The summed E-state index contributed by atoms with van der Waals surface area (Å²) in [5.41, 5.74) is 4.63. The van der Waals surface area contributed by atoms with E-state index in [1.165, 1.54) is 11.8 Å². The third-order valence-electron chi connectivity index (χ3n) is 3.22. The Bertz CT molecular complexity index is 592. The van der Waals surface area contributed by atoms with Crippen LogP contribution in [0.3, 0.4) is 0 Å². The molecule has 0 aliphatic carbocycles. The molecule has 1 aliphatic rings. The van der Waals surface area contributed by atoms with Gasteiger partial charge in [0.25, 0.3) is 5.91 Å². The minimum absolute atomic E-state index is 0.160. The van der Waals surface area contributed by atoms with Crippen molar-refractivity contribution >= 4 is 51.7 Å². The largest absolute Gasteiger partial charge is 0.484 e. The maximum absolute atomic E-state index is 11.7. The normalized spacial score (nSPS) is 13.5. The summed E-state index contributed by atoms with van der Waals surface area (Å²) < 4.78 is 5.99. The van der Waals surface area contributed by atoms with E-state index in [1.807, 2.05) is 0 Å². The number of likely N-dealkylation sites (tertiary alicyclic amines) is 1. The topological polar surface area (TPSA) is 70.7 Å². The number of hydrogen-bond acceptors (Lipinski definition) is 5. The highest BCUT2D eigenvalue weighted by Gasteiger charge is 2.16. The lowest BCUT2D eigenvalue weighted by atomic mass is 10.3. The molecule has 0 bridgehead atoms. The highest BCUT2D eigenvalue weighted by atomic mass is 35.5. The second-order valence-electron chi connectivity index (χ2n) is 5.09. The Kier molecular flexibility index (Phi) is 7.61. The fourth-order valence-electron chi connectivity index (χ4n) is 2.01. The summed E-state index contributed by atoms with van der Waals surface area (Å²) >= 11 is 12.3. The van der Waals surface area contributed by atoms with Crippen molar-refractivity contribution < 1.29 is 14.3 Å². The molecule has 1 heterocycles. The number of thioether (sulfide) groups is 1. The van der Waals surface area contributed by atoms with E-state index < -0.39 is 5.91 Å². The maximum atomic E-state index is 11.7. The predicted octanol–water partition coefficient (Wildman–Crippen LogP) is 1.98. The highest BCUT2D eigenvalue weighted by Crippen LogP contribution is 2.16. The number of carbonyl (C=O) groups is 2. The third kappa shape index (κ3) is 6.54. The zero-order valence-electron chi connectivity index (χ0n) is 12.9. The van der Waals surface area contributed by atoms with Gasteiger partial charge in [0.1, 0.15) is 10.1 Å². The second kappa shape index (κ2) is 9.71. The molecule has 1 saturated heterocycles. The summed E-state index contributed by atoms with van der Waals surface area (Å²) in [6.45, 7) is 1.69. The fraction of sp³-hybridized carbons (Fsp3) is 0.400. The van der Waals surface area contributed by atoms with Crippen molar-refractivity contribution in [2.45, 2.75) is 12.8 Å². The van der Waals surface area contributed by atoms with Crippen LogP contribution in [0, 0.1) is 0 Å². The first-order valence-corrected chi connectivity index (χ1v) is 9.19. The molecule has 6 nitrogen and oxygen atoms in total. The Morgan fingerprint density at radius 2 is 1.79 bits per heavy atom. The van der Waals surface area contributed by atoms with E-state index in [2.05, 4.69) is 15.8 Å². The van der Waals surface area contributed by atoms with Gasteiger partial charge in [0.15, 0.2) is 6.61 Å². The molecule has 9 heteroatoms. The van der Waals surface area contributed by atoms with Gasteiger partial charge in [-0.1, -0.05) is 35.6 Å². The number of carbonyl (C=O) groups excluding carboxylic acids is 2. The first-order valence-electron chi connectivity index (χ1n) is 7.42. The SMILES string of the molecule is O=C(COc1ccc(Cl)cc1)NNC(=O)CSC(=S)N1CCCC1. The van der Waals surface area contributed by atoms with Gasteiger partial charge in [-0.25, -0.2) is 0 Å². The maximum Gasteiger partial charge on any atom is 0.276 e. The molecule has 1 fully saturated rings. The zero-order valence-corrected chi connectivity index (χ0v) is 15.3. The summed E-state index contributed by atoms with van der Waals surface area (Å²) in [4.78, 5) is 25.4. The van der Waals surface area contributed by atoms with Gasteiger partial charge in [0, 0.05) is 18.1 Å².